The van der Waals surface area contributed by atoms with Gasteiger partial charge in [-0.1, -0.05) is 6.42 Å². The molecule has 4 heteroatoms. The number of aromatic nitrogens is 2. The minimum Gasteiger partial charge on any atom is -0.314 e. The van der Waals surface area contributed by atoms with Crippen LogP contribution in [-0.2, 0) is 6.54 Å². The highest BCUT2D eigenvalue weighted by atomic mass is 16.1. The maximum atomic E-state index is 11.6. The van der Waals surface area contributed by atoms with E-state index in [9.17, 15) is 4.79 Å². The average molecular weight is 221 g/mol. The van der Waals surface area contributed by atoms with Gasteiger partial charge in [-0.05, 0) is 38.3 Å². The lowest BCUT2D eigenvalue weighted by atomic mass is 10.0. The van der Waals surface area contributed by atoms with Gasteiger partial charge in [-0.2, -0.15) is 5.10 Å². The van der Waals surface area contributed by atoms with Crippen molar-refractivity contribution in [2.75, 3.05) is 6.54 Å². The first-order valence-electron chi connectivity index (χ1n) is 6.03. The molecule has 1 saturated heterocycles. The van der Waals surface area contributed by atoms with E-state index >= 15 is 0 Å². The maximum absolute atomic E-state index is 11.6. The van der Waals surface area contributed by atoms with Crippen molar-refractivity contribution in [3.8, 4) is 0 Å². The molecule has 0 amide bonds. The second kappa shape index (κ2) is 5.25. The van der Waals surface area contributed by atoms with Crippen LogP contribution in [0.1, 0.15) is 31.2 Å². The van der Waals surface area contributed by atoms with E-state index in [1.807, 2.05) is 6.92 Å². The molecule has 0 radical (unpaired) electrons. The summed E-state index contributed by atoms with van der Waals surface area (Å²) in [6.45, 7) is 3.72. The van der Waals surface area contributed by atoms with Gasteiger partial charge in [0.15, 0.2) is 0 Å². The molecular formula is C12H19N3O. The summed E-state index contributed by atoms with van der Waals surface area (Å²) in [5, 5.41) is 7.62. The second-order valence-electron chi connectivity index (χ2n) is 4.53. The summed E-state index contributed by atoms with van der Waals surface area (Å²) < 4.78 is 1.56. The molecule has 0 spiro atoms. The third kappa shape index (κ3) is 2.92. The Morgan fingerprint density at radius 2 is 2.44 bits per heavy atom. The Kier molecular flexibility index (Phi) is 3.72. The standard InChI is InChI=1S/C12H19N3O/c1-10-8-12(16)15(14-9-10)7-5-11-4-2-3-6-13-11/h8-9,11,13H,2-7H2,1H3. The highest BCUT2D eigenvalue weighted by molar-refractivity contribution is 5.02. The highest BCUT2D eigenvalue weighted by Crippen LogP contribution is 2.10. The van der Waals surface area contributed by atoms with Gasteiger partial charge in [0.1, 0.15) is 0 Å². The highest BCUT2D eigenvalue weighted by Gasteiger charge is 2.12. The zero-order valence-electron chi connectivity index (χ0n) is 9.78. The first-order valence-corrected chi connectivity index (χ1v) is 6.03. The van der Waals surface area contributed by atoms with Crippen molar-refractivity contribution in [1.82, 2.24) is 15.1 Å². The van der Waals surface area contributed by atoms with Gasteiger partial charge in [-0.25, -0.2) is 4.68 Å². The smallest absolute Gasteiger partial charge is 0.266 e. The number of rotatable bonds is 3. The molecule has 1 fully saturated rings. The van der Waals surface area contributed by atoms with Crippen LogP contribution >= 0.6 is 0 Å². The molecule has 0 aromatic carbocycles. The molecule has 1 aliphatic rings. The molecule has 4 nitrogen and oxygen atoms in total. The van der Waals surface area contributed by atoms with Crippen molar-refractivity contribution < 1.29 is 0 Å². The van der Waals surface area contributed by atoms with E-state index < -0.39 is 0 Å². The van der Waals surface area contributed by atoms with Crippen LogP contribution in [0.25, 0.3) is 0 Å². The third-order valence-corrected chi connectivity index (χ3v) is 3.11. The first-order chi connectivity index (χ1) is 7.75. The van der Waals surface area contributed by atoms with Crippen LogP contribution in [0.2, 0.25) is 0 Å². The molecule has 0 bridgehead atoms. The van der Waals surface area contributed by atoms with E-state index in [2.05, 4.69) is 10.4 Å². The molecule has 88 valence electrons. The topological polar surface area (TPSA) is 46.9 Å². The van der Waals surface area contributed by atoms with E-state index in [-0.39, 0.29) is 5.56 Å². The SMILES string of the molecule is Cc1cnn(CCC2CCCCN2)c(=O)c1. The van der Waals surface area contributed by atoms with E-state index in [1.165, 1.54) is 19.3 Å². The predicted octanol–water partition coefficient (Wildman–Crippen LogP) is 1.08. The van der Waals surface area contributed by atoms with Crippen LogP contribution in [0.3, 0.4) is 0 Å². The Morgan fingerprint density at radius 3 is 3.12 bits per heavy atom. The van der Waals surface area contributed by atoms with Crippen LogP contribution in [0.5, 0.6) is 0 Å². The Bertz CT molecular complexity index is 393. The predicted molar refractivity (Wildman–Crippen MR) is 63.5 cm³/mol. The van der Waals surface area contributed by atoms with Gasteiger partial charge < -0.3 is 5.32 Å². The number of hydrogen-bond acceptors (Lipinski definition) is 3. The lowest BCUT2D eigenvalue weighted by Gasteiger charge is -2.23. The maximum Gasteiger partial charge on any atom is 0.266 e. The Labute approximate surface area is 95.7 Å². The van der Waals surface area contributed by atoms with Crippen LogP contribution in [0, 0.1) is 6.92 Å². The van der Waals surface area contributed by atoms with Crippen LogP contribution < -0.4 is 10.9 Å². The minimum absolute atomic E-state index is 0.0100. The van der Waals surface area contributed by atoms with Crippen molar-refractivity contribution >= 4 is 0 Å². The molecular weight excluding hydrogens is 202 g/mol. The van der Waals surface area contributed by atoms with Crippen molar-refractivity contribution in [2.45, 2.75) is 45.2 Å². The summed E-state index contributed by atoms with van der Waals surface area (Å²) in [6.07, 6.45) is 6.54. The lowest BCUT2D eigenvalue weighted by molar-refractivity contribution is 0.357. The summed E-state index contributed by atoms with van der Waals surface area (Å²) in [5.74, 6) is 0. The monoisotopic (exact) mass is 221 g/mol. The quantitative estimate of drug-likeness (QED) is 0.831. The van der Waals surface area contributed by atoms with Crippen molar-refractivity contribution in [2.24, 2.45) is 0 Å². The summed E-state index contributed by atoms with van der Waals surface area (Å²) in [6, 6.07) is 2.20. The molecule has 0 saturated carbocycles. The van der Waals surface area contributed by atoms with E-state index in [0.717, 1.165) is 25.1 Å². The largest absolute Gasteiger partial charge is 0.314 e. The summed E-state index contributed by atoms with van der Waals surface area (Å²) in [4.78, 5) is 11.6. The van der Waals surface area contributed by atoms with Crippen LogP contribution in [-0.4, -0.2) is 22.4 Å². The van der Waals surface area contributed by atoms with Crippen LogP contribution in [0.15, 0.2) is 17.1 Å². The number of piperidine rings is 1. The van der Waals surface area contributed by atoms with Gasteiger partial charge in [0.2, 0.25) is 0 Å². The first kappa shape index (κ1) is 11.3. The molecule has 1 atom stereocenters. The number of aryl methyl sites for hydroxylation is 2. The molecule has 1 aromatic rings. The van der Waals surface area contributed by atoms with Crippen molar-refractivity contribution in [3.05, 3.63) is 28.2 Å². The molecule has 1 N–H and O–H groups in total. The molecule has 2 heterocycles. The zero-order valence-corrected chi connectivity index (χ0v) is 9.78. The fraction of sp³-hybridized carbons (Fsp3) is 0.667. The Hall–Kier alpha value is -1.16. The Morgan fingerprint density at radius 1 is 1.56 bits per heavy atom. The third-order valence-electron chi connectivity index (χ3n) is 3.11. The van der Waals surface area contributed by atoms with Crippen LogP contribution in [0.4, 0.5) is 0 Å². The van der Waals surface area contributed by atoms with E-state index in [4.69, 9.17) is 0 Å². The fourth-order valence-corrected chi connectivity index (χ4v) is 2.14. The Balaban J connectivity index is 1.91. The van der Waals surface area contributed by atoms with Gasteiger partial charge in [-0.3, -0.25) is 4.79 Å². The number of nitrogens with one attached hydrogen (secondary N) is 1. The summed E-state index contributed by atoms with van der Waals surface area (Å²) in [5.41, 5.74) is 0.938. The lowest BCUT2D eigenvalue weighted by Crippen LogP contribution is -2.36. The average Bonchev–Trinajstić information content (AvgIpc) is 2.29. The second-order valence-corrected chi connectivity index (χ2v) is 4.53. The number of hydrogen-bond donors (Lipinski definition) is 1. The van der Waals surface area contributed by atoms with E-state index in [0.29, 0.717) is 6.04 Å². The van der Waals surface area contributed by atoms with Crippen molar-refractivity contribution in [1.29, 1.82) is 0 Å². The summed E-state index contributed by atoms with van der Waals surface area (Å²) in [7, 11) is 0. The van der Waals surface area contributed by atoms with Crippen molar-refractivity contribution in [3.63, 3.8) is 0 Å². The fourth-order valence-electron chi connectivity index (χ4n) is 2.14. The minimum atomic E-state index is 0.0100. The van der Waals surface area contributed by atoms with Gasteiger partial charge in [0.05, 0.1) is 6.20 Å². The molecule has 1 aliphatic heterocycles. The molecule has 16 heavy (non-hydrogen) atoms. The van der Waals surface area contributed by atoms with Gasteiger partial charge in [0, 0.05) is 18.7 Å². The molecule has 0 aliphatic carbocycles. The van der Waals surface area contributed by atoms with Gasteiger partial charge in [-0.15, -0.1) is 0 Å². The van der Waals surface area contributed by atoms with Gasteiger partial charge in [0.25, 0.3) is 5.56 Å². The zero-order chi connectivity index (χ0) is 11.4. The summed E-state index contributed by atoms with van der Waals surface area (Å²) >= 11 is 0. The molecule has 2 rings (SSSR count). The number of nitrogens with zero attached hydrogens (tertiary/aromatic N) is 2. The molecule has 1 unspecified atom stereocenters. The van der Waals surface area contributed by atoms with Gasteiger partial charge >= 0.3 is 0 Å². The normalized spacial score (nSPS) is 20.9. The van der Waals surface area contributed by atoms with E-state index in [1.54, 1.807) is 16.9 Å². The molecule has 1 aromatic heterocycles.